The molecule has 0 aliphatic heterocycles. The molecule has 10 heavy (non-hydrogen) atoms. The molecule has 0 saturated carbocycles. The minimum atomic E-state index is -4.55. The second kappa shape index (κ2) is 4.21. The normalized spacial score (nSPS) is 12.4. The van der Waals surface area contributed by atoms with Crippen LogP contribution in [-0.4, -0.2) is 49.4 Å². The predicted molar refractivity (Wildman–Crippen MR) is 40.3 cm³/mol. The Hall–Kier alpha value is 1.10. The first-order chi connectivity index (χ1) is 3.71. The summed E-state index contributed by atoms with van der Waals surface area (Å²) in [5, 5.41) is 0. The van der Waals surface area contributed by atoms with Gasteiger partial charge in [0.2, 0.25) is 0 Å². The molecular weight excluding hydrogens is 289 g/mol. The zero-order valence-electron chi connectivity index (χ0n) is 4.21. The van der Waals surface area contributed by atoms with E-state index in [-0.39, 0.29) is 23.9 Å². The van der Waals surface area contributed by atoms with E-state index in [1.165, 1.54) is 0 Å². The van der Waals surface area contributed by atoms with Crippen molar-refractivity contribution in [2.45, 2.75) is 0 Å². The summed E-state index contributed by atoms with van der Waals surface area (Å²) in [6.07, 6.45) is 0. The van der Waals surface area contributed by atoms with Gasteiger partial charge in [-0.25, -0.2) is 0 Å². The van der Waals surface area contributed by atoms with E-state index in [9.17, 15) is 9.13 Å². The molecule has 0 amide bonds. The monoisotopic (exact) mass is 300 g/mol. The molecule has 0 aliphatic carbocycles. The Morgan fingerprint density at radius 2 is 1.10 bits per heavy atom. The topological polar surface area (TPSA) is 115 Å². The molecule has 0 heterocycles. The van der Waals surface area contributed by atoms with E-state index in [1.807, 2.05) is 0 Å². The third-order valence-electron chi connectivity index (χ3n) is 0.368. The summed E-state index contributed by atoms with van der Waals surface area (Å²) in [7, 11) is -9.10. The molecule has 4 N–H and O–H groups in total. The van der Waals surface area contributed by atoms with Crippen molar-refractivity contribution in [3.05, 3.63) is 0 Å². The van der Waals surface area contributed by atoms with Gasteiger partial charge in [-0.15, -0.1) is 0 Å². The first-order valence-corrected chi connectivity index (χ1v) is 5.39. The SMILES string of the molecule is O=P(O)(O)CP(=O)(O)O.[SnH4]. The molecule has 6 nitrogen and oxygen atoms in total. The summed E-state index contributed by atoms with van der Waals surface area (Å²) in [6.45, 7) is 0. The Labute approximate surface area is 73.9 Å². The Balaban J connectivity index is 0. The summed E-state index contributed by atoms with van der Waals surface area (Å²) in [6, 6.07) is 0. The molecule has 0 aliphatic rings. The van der Waals surface area contributed by atoms with Crippen LogP contribution in [0.4, 0.5) is 0 Å². The van der Waals surface area contributed by atoms with Crippen molar-refractivity contribution in [3.8, 4) is 0 Å². The van der Waals surface area contributed by atoms with Gasteiger partial charge in [0.1, 0.15) is 0 Å². The van der Waals surface area contributed by atoms with Gasteiger partial charge in [0.05, 0.1) is 0 Å². The zero-order chi connectivity index (χ0) is 7.71. The van der Waals surface area contributed by atoms with E-state index < -0.39 is 21.1 Å². The van der Waals surface area contributed by atoms with Crippen LogP contribution in [0.5, 0.6) is 0 Å². The van der Waals surface area contributed by atoms with Gasteiger partial charge in [-0.3, -0.25) is 9.13 Å². The van der Waals surface area contributed by atoms with E-state index >= 15 is 0 Å². The van der Waals surface area contributed by atoms with Crippen LogP contribution in [0, 0.1) is 0 Å². The van der Waals surface area contributed by atoms with Gasteiger partial charge in [0, 0.05) is 0 Å². The van der Waals surface area contributed by atoms with Crippen LogP contribution in [0.25, 0.3) is 0 Å². The Morgan fingerprint density at radius 1 is 0.900 bits per heavy atom. The molecule has 0 bridgehead atoms. The summed E-state index contributed by atoms with van der Waals surface area (Å²) in [5.74, 6) is -1.38. The third-order valence-corrected chi connectivity index (χ3v) is 3.32. The second-order valence-corrected chi connectivity index (χ2v) is 5.26. The van der Waals surface area contributed by atoms with E-state index in [0.29, 0.717) is 0 Å². The summed E-state index contributed by atoms with van der Waals surface area (Å²) >= 11 is 0. The van der Waals surface area contributed by atoms with Gasteiger partial charge in [-0.2, -0.15) is 0 Å². The average Bonchev–Trinajstić information content (AvgIpc) is 1.14. The summed E-state index contributed by atoms with van der Waals surface area (Å²) < 4.78 is 19.7. The fourth-order valence-electron chi connectivity index (χ4n) is 0.240. The van der Waals surface area contributed by atoms with E-state index in [0.717, 1.165) is 0 Å². The van der Waals surface area contributed by atoms with Crippen LogP contribution in [0.15, 0.2) is 0 Å². The van der Waals surface area contributed by atoms with Gasteiger partial charge >= 0.3 is 39.1 Å². The van der Waals surface area contributed by atoms with Crippen molar-refractivity contribution in [1.82, 2.24) is 0 Å². The van der Waals surface area contributed by atoms with Crippen LogP contribution >= 0.6 is 15.2 Å². The Morgan fingerprint density at radius 3 is 1.10 bits per heavy atom. The van der Waals surface area contributed by atoms with Gasteiger partial charge in [0.15, 0.2) is 5.90 Å². The summed E-state index contributed by atoms with van der Waals surface area (Å²) in [5.41, 5.74) is 0. The van der Waals surface area contributed by atoms with Crippen LogP contribution in [0.1, 0.15) is 0 Å². The van der Waals surface area contributed by atoms with Crippen molar-refractivity contribution in [2.75, 3.05) is 5.90 Å². The van der Waals surface area contributed by atoms with Crippen molar-refractivity contribution in [1.29, 1.82) is 0 Å². The van der Waals surface area contributed by atoms with E-state index in [4.69, 9.17) is 19.6 Å². The Kier molecular flexibility index (Phi) is 5.75. The molecule has 0 saturated heterocycles. The van der Waals surface area contributed by atoms with Crippen LogP contribution in [0.2, 0.25) is 0 Å². The van der Waals surface area contributed by atoms with Crippen molar-refractivity contribution >= 4 is 39.1 Å². The number of hydrogen-bond donors (Lipinski definition) is 4. The summed E-state index contributed by atoms with van der Waals surface area (Å²) in [4.78, 5) is 31.9. The van der Waals surface area contributed by atoms with Crippen molar-refractivity contribution < 1.29 is 28.7 Å². The van der Waals surface area contributed by atoms with Crippen LogP contribution in [-0.2, 0) is 9.13 Å². The van der Waals surface area contributed by atoms with Gasteiger partial charge in [0.25, 0.3) is 0 Å². The standard InChI is InChI=1S/CH6O6P2.Sn.4H/c2-8(3,4)1-9(5,6)7;;;;;/h1H2,(H2,2,3,4)(H2,5,6,7);;;;;. The first-order valence-electron chi connectivity index (χ1n) is 1.80. The van der Waals surface area contributed by atoms with Crippen molar-refractivity contribution in [3.63, 3.8) is 0 Å². The van der Waals surface area contributed by atoms with E-state index in [1.54, 1.807) is 0 Å². The molecule has 0 aromatic heterocycles. The number of hydrogen-bond acceptors (Lipinski definition) is 2. The molecule has 0 aromatic rings. The minimum absolute atomic E-state index is 0. The van der Waals surface area contributed by atoms with Crippen LogP contribution < -0.4 is 0 Å². The fourth-order valence-corrected chi connectivity index (χ4v) is 2.16. The molecule has 0 radical (unpaired) electrons. The van der Waals surface area contributed by atoms with Gasteiger partial charge in [-0.05, 0) is 0 Å². The van der Waals surface area contributed by atoms with Gasteiger partial charge < -0.3 is 19.6 Å². The van der Waals surface area contributed by atoms with Crippen molar-refractivity contribution in [2.24, 2.45) is 0 Å². The molecule has 0 rings (SSSR count). The molecule has 0 spiro atoms. The Bertz CT molecular complexity index is 156. The molecule has 0 aromatic carbocycles. The third kappa shape index (κ3) is 11.8. The molecular formula is CH10O6P2Sn. The molecule has 0 atom stereocenters. The molecule has 0 unspecified atom stereocenters. The van der Waals surface area contributed by atoms with E-state index in [2.05, 4.69) is 0 Å². The van der Waals surface area contributed by atoms with Gasteiger partial charge in [-0.1, -0.05) is 0 Å². The number of rotatable bonds is 2. The second-order valence-electron chi connectivity index (χ2n) is 1.47. The first kappa shape index (κ1) is 13.7. The molecule has 64 valence electrons. The predicted octanol–water partition coefficient (Wildman–Crippen LogP) is -2.15. The molecule has 9 heteroatoms. The van der Waals surface area contributed by atoms with Crippen LogP contribution in [0.3, 0.4) is 0 Å². The average molecular weight is 299 g/mol. The molecule has 0 fully saturated rings. The fraction of sp³-hybridized carbons (Fsp3) is 1.00. The zero-order valence-corrected chi connectivity index (χ0v) is 6.00. The maximum atomic E-state index is 9.85. The maximum absolute atomic E-state index is 9.85. The quantitative estimate of drug-likeness (QED) is 0.341.